The molecule has 0 unspecified atom stereocenters. The zero-order chi connectivity index (χ0) is 65.8. The molecular weight excluding hydrogens is 797 g/mol. The number of hydroxylamine groups is 3. The van der Waals surface area contributed by atoms with E-state index in [1.165, 1.54) is 24.3 Å². The highest BCUT2D eigenvalue weighted by Gasteiger charge is 2.39. The third-order valence-electron chi connectivity index (χ3n) is 9.47. The molecule has 0 bridgehead atoms. The fourth-order valence-corrected chi connectivity index (χ4v) is 6.69. The topological polar surface area (TPSA) is 227 Å². The van der Waals surface area contributed by atoms with Crippen LogP contribution in [0.15, 0.2) is 48.5 Å². The first-order chi connectivity index (χ1) is 38.9. The van der Waals surface area contributed by atoms with Crippen molar-refractivity contribution in [1.82, 2.24) is 9.80 Å². The van der Waals surface area contributed by atoms with E-state index >= 15 is 0 Å². The minimum absolute atomic E-state index is 0.0232. The molecule has 0 heterocycles. The van der Waals surface area contributed by atoms with E-state index in [0.29, 0.717) is 9.80 Å². The van der Waals surface area contributed by atoms with Crippen molar-refractivity contribution >= 4 is 45.9 Å². The van der Waals surface area contributed by atoms with Crippen molar-refractivity contribution in [2.45, 2.75) is 0 Å². The van der Waals surface area contributed by atoms with Gasteiger partial charge in [-0.3, -0.25) is 19.2 Å². The molecule has 4 aromatic rings. The average molecular weight is 880 g/mol. The number of hydrogen-bond donors (Lipinski definition) is 8. The van der Waals surface area contributed by atoms with E-state index in [-0.39, 0.29) is 64.6 Å². The summed E-state index contributed by atoms with van der Waals surface area (Å²) in [5.41, 5.74) is -3.66. The smallest absolute Gasteiger partial charge is 0.200 e. The molecule has 4 aromatic carbocycles. The van der Waals surface area contributed by atoms with Gasteiger partial charge in [-0.2, -0.15) is 0 Å². The van der Waals surface area contributed by atoms with Gasteiger partial charge < -0.3 is 65.8 Å². The monoisotopic (exact) mass is 880 g/mol. The van der Waals surface area contributed by atoms with Gasteiger partial charge in [-0.05, 0) is 76.4 Å². The van der Waals surface area contributed by atoms with Crippen LogP contribution in [-0.4, -0.2) is 178 Å². The zero-order valence-corrected chi connectivity index (χ0v) is 32.9. The third kappa shape index (κ3) is 10.4. The molecule has 8 N–H and O–H groups in total. The van der Waals surface area contributed by atoms with Gasteiger partial charge >= 0.3 is 0 Å². The van der Waals surface area contributed by atoms with Gasteiger partial charge in [0.1, 0.15) is 23.0 Å². The standard InChI is InChI=1S/C23H30N4O5.C22H28N4O4/c1-26(2,3)12-10-24-14-6-7-15(25-11-13-27(4,5)32)19-18(14)22(30)20-16(28)8-9-17(29)21(20)23(19)31;1-25(2)11-9-23-13-5-6-14(24-10-12-26(3)4)18-17(13)21(29)19-15(27)7-8-16(28)20(19)22(18)30/h6-9H,10-13H2,1-5H3,(H3-,24,25,28,29,30,31);5-8,23-24,27-28H,9-12H2,1-4H3/p+1/i1D3,2D3,4D3,5D3;1D3,2D3,3D3,4D3. The van der Waals surface area contributed by atoms with Crippen molar-refractivity contribution < 1.29 is 81.6 Å². The normalized spacial score (nSPS) is 20.6. The first kappa shape index (κ1) is 23.8. The van der Waals surface area contributed by atoms with E-state index < -0.39 is 166 Å². The molecule has 0 fully saturated rings. The maximum absolute atomic E-state index is 13.7. The lowest BCUT2D eigenvalue weighted by Gasteiger charge is -2.34. The molecular formula is C45H59N8O9+. The zero-order valence-electron chi connectivity index (χ0n) is 56.9. The first-order valence-corrected chi connectivity index (χ1v) is 18.5. The number of aromatic hydroxyl groups is 4. The Hall–Kier alpha value is -6.24. The van der Waals surface area contributed by atoms with Crippen LogP contribution in [0.4, 0.5) is 22.7 Å². The van der Waals surface area contributed by atoms with E-state index in [1.807, 2.05) is 0 Å². The summed E-state index contributed by atoms with van der Waals surface area (Å²) in [7, 11) is 1.02. The molecule has 0 aliphatic heterocycles. The van der Waals surface area contributed by atoms with Gasteiger partial charge in [0.2, 0.25) is 23.1 Å². The van der Waals surface area contributed by atoms with Crippen LogP contribution in [0, 0.1) is 5.21 Å². The van der Waals surface area contributed by atoms with Crippen molar-refractivity contribution in [2.24, 2.45) is 0 Å². The lowest BCUT2D eigenvalue weighted by molar-refractivity contribution is -0.868. The first-order valence-electron chi connectivity index (χ1n) is 30.5. The van der Waals surface area contributed by atoms with Crippen LogP contribution in [0.1, 0.15) is 96.6 Å². The summed E-state index contributed by atoms with van der Waals surface area (Å²) < 4.78 is 177. The molecule has 62 heavy (non-hydrogen) atoms. The summed E-state index contributed by atoms with van der Waals surface area (Å²) in [6, 6.07) is 9.14. The number of benzene rings is 4. The number of ketones is 4. The number of hydrogen-bond acceptors (Lipinski definition) is 15. The minimum atomic E-state index is -3.48. The molecule has 17 nitrogen and oxygen atoms in total. The molecule has 332 valence electrons. The number of carbonyl (C=O) groups excluding carboxylic acids is 4. The van der Waals surface area contributed by atoms with Crippen molar-refractivity contribution in [3.8, 4) is 23.0 Å². The highest BCUT2D eigenvalue weighted by Crippen LogP contribution is 2.44. The van der Waals surface area contributed by atoms with Crippen LogP contribution in [0.25, 0.3) is 0 Å². The van der Waals surface area contributed by atoms with E-state index in [0.717, 1.165) is 31.3 Å². The summed E-state index contributed by atoms with van der Waals surface area (Å²) >= 11 is 0. The summed E-state index contributed by atoms with van der Waals surface area (Å²) in [5, 5.41) is 65.4. The van der Waals surface area contributed by atoms with E-state index in [2.05, 4.69) is 21.3 Å². The Labute approximate surface area is 395 Å². The molecule has 0 aromatic heterocycles. The van der Waals surface area contributed by atoms with Gasteiger partial charge in [0.15, 0.2) is 0 Å². The number of quaternary nitrogens is 2. The molecule has 6 rings (SSSR count). The number of anilines is 4. The Morgan fingerprint density at radius 3 is 1.08 bits per heavy atom. The number of rotatable bonds is 16. The van der Waals surface area contributed by atoms with Gasteiger partial charge in [-0.25, -0.2) is 0 Å². The van der Waals surface area contributed by atoms with Gasteiger partial charge in [-0.15, -0.1) is 0 Å². The Morgan fingerprint density at radius 1 is 0.484 bits per heavy atom. The van der Waals surface area contributed by atoms with Crippen molar-refractivity contribution in [1.29, 1.82) is 0 Å². The number of fused-ring (bicyclic) bond motifs is 4. The van der Waals surface area contributed by atoms with Crippen molar-refractivity contribution in [3.05, 3.63) is 98.2 Å². The number of phenolic OH excluding ortho intramolecular Hbond substituents is 4. The lowest BCUT2D eigenvalue weighted by Crippen LogP contribution is -2.39. The minimum Gasteiger partial charge on any atom is -0.633 e. The number of nitrogens with one attached hydrogen (secondary N) is 4. The van der Waals surface area contributed by atoms with Gasteiger partial charge in [0.25, 0.3) is 0 Å². The maximum atomic E-state index is 13.7. The predicted molar refractivity (Wildman–Crippen MR) is 240 cm³/mol. The number of carbonyl (C=O) groups is 4. The molecule has 0 atom stereocenters. The van der Waals surface area contributed by atoms with Gasteiger partial charge in [0, 0.05) is 65.4 Å². The SMILES string of the molecule is [2H]C([2H])([2H])N(CCNc1ccc(NCCN(C([2H])([2H])[2H])C([2H])([2H])[2H])c2c1C(=O)c1c(O)ccc(O)c1C2=O)C([2H])([2H])[2H].[2H]C([2H])([2H])[N+](C)(CCNc1ccc(NCC[N+]([O-])(C([2H])([2H])[2H])C([2H])([2H])[2H])c2c1C(=O)c1c(O)ccc(O)c1C2=O)C([2H])([2H])[2H]. The second kappa shape index (κ2) is 18.8. The third-order valence-corrected chi connectivity index (χ3v) is 9.47. The summed E-state index contributed by atoms with van der Waals surface area (Å²) in [4.78, 5) is 55.2. The summed E-state index contributed by atoms with van der Waals surface area (Å²) in [5.74, 6) is -6.18. The lowest BCUT2D eigenvalue weighted by atomic mass is 9.81. The van der Waals surface area contributed by atoms with Gasteiger partial charge in [0.05, 0.1) is 122 Å². The predicted octanol–water partition coefficient (Wildman–Crippen LogP) is 3.80. The molecule has 0 saturated heterocycles. The second-order valence-electron chi connectivity index (χ2n) is 14.2. The Morgan fingerprint density at radius 2 is 0.790 bits per heavy atom. The molecule has 2 aliphatic rings. The summed E-state index contributed by atoms with van der Waals surface area (Å²) in [6.07, 6.45) is 0. The largest absolute Gasteiger partial charge is 0.633 e. The number of nitrogens with zero attached hydrogens (tertiary/aromatic N) is 4. The Bertz CT molecular complexity index is 3000. The van der Waals surface area contributed by atoms with Crippen LogP contribution in [0.3, 0.4) is 0 Å². The van der Waals surface area contributed by atoms with Gasteiger partial charge in [-0.1, -0.05) is 0 Å². The van der Waals surface area contributed by atoms with Crippen molar-refractivity contribution in [3.63, 3.8) is 0 Å². The molecule has 2 aliphatic carbocycles. The van der Waals surface area contributed by atoms with E-state index in [9.17, 15) is 44.8 Å². The second-order valence-corrected chi connectivity index (χ2v) is 14.2. The molecule has 0 radical (unpaired) electrons. The van der Waals surface area contributed by atoms with Crippen LogP contribution < -0.4 is 21.3 Å². The molecule has 0 saturated carbocycles. The van der Waals surface area contributed by atoms with Crippen LogP contribution in [0.5, 0.6) is 23.0 Å². The van der Waals surface area contributed by atoms with Crippen LogP contribution in [0.2, 0.25) is 0 Å². The Kier molecular flexibility index (Phi) is 7.23. The van der Waals surface area contributed by atoms with Crippen molar-refractivity contribution in [2.75, 3.05) is 136 Å². The van der Waals surface area contributed by atoms with E-state index in [4.69, 9.17) is 32.9 Å². The maximum Gasteiger partial charge on any atom is 0.200 e. The van der Waals surface area contributed by atoms with Crippen LogP contribution in [-0.2, 0) is 0 Å². The van der Waals surface area contributed by atoms with Crippen LogP contribution >= 0.6 is 0 Å². The molecule has 0 spiro atoms. The summed E-state index contributed by atoms with van der Waals surface area (Å²) in [6.45, 7) is -28.8. The Balaban J connectivity index is 0.000000314. The highest BCUT2D eigenvalue weighted by molar-refractivity contribution is 6.34. The molecule has 17 heteroatoms. The average Bonchev–Trinajstić information content (AvgIpc) is 0.786. The number of likely N-dealkylation sites (N-methyl/N-ethyl adjacent to an activating group) is 4. The quantitative estimate of drug-likeness (QED) is 0.0393. The van der Waals surface area contributed by atoms with E-state index in [1.54, 1.807) is 0 Å². The highest BCUT2D eigenvalue weighted by atomic mass is 16.5. The number of phenols is 4. The fourth-order valence-electron chi connectivity index (χ4n) is 6.69. The molecule has 0 amide bonds. The fraction of sp³-hybridized carbons (Fsp3) is 0.378.